The van der Waals surface area contributed by atoms with E-state index in [0.29, 0.717) is 6.42 Å². The van der Waals surface area contributed by atoms with Gasteiger partial charge in [0.1, 0.15) is 12.6 Å². The molecule has 1 atom stereocenters. The molecule has 182 valence electrons. The van der Waals surface area contributed by atoms with Gasteiger partial charge in [-0.3, -0.25) is 9.59 Å². The number of rotatable bonds is 10. The molecule has 1 aliphatic rings. The molecule has 0 spiro atoms. The van der Waals surface area contributed by atoms with Gasteiger partial charge in [-0.1, -0.05) is 62.4 Å². The predicted octanol–water partition coefficient (Wildman–Crippen LogP) is 4.65. The summed E-state index contributed by atoms with van der Waals surface area (Å²) in [6.07, 6.45) is -0.370. The van der Waals surface area contributed by atoms with E-state index in [-0.39, 0.29) is 43.4 Å². The smallest absolute Gasteiger partial charge is 0.407 e. The third kappa shape index (κ3) is 5.95. The molecule has 2 aromatic carbocycles. The van der Waals surface area contributed by atoms with E-state index in [1.54, 1.807) is 0 Å². The molecule has 2 N–H and O–H groups in total. The van der Waals surface area contributed by atoms with Gasteiger partial charge in [-0.05, 0) is 48.4 Å². The van der Waals surface area contributed by atoms with Crippen LogP contribution in [0.4, 0.5) is 4.79 Å². The third-order valence-corrected chi connectivity index (χ3v) is 6.11. The number of ether oxygens (including phenoxy) is 1. The fourth-order valence-corrected chi connectivity index (χ4v) is 4.51. The van der Waals surface area contributed by atoms with Crippen LogP contribution in [0.25, 0.3) is 11.1 Å². The van der Waals surface area contributed by atoms with E-state index in [4.69, 9.17) is 9.84 Å². The first-order valence-electron chi connectivity index (χ1n) is 11.8. The van der Waals surface area contributed by atoms with Gasteiger partial charge in [-0.25, -0.2) is 4.79 Å². The van der Waals surface area contributed by atoms with Crippen molar-refractivity contribution in [2.45, 2.75) is 58.5 Å². The first-order valence-corrected chi connectivity index (χ1v) is 11.8. The van der Waals surface area contributed by atoms with Crippen molar-refractivity contribution in [3.63, 3.8) is 0 Å². The Labute approximate surface area is 201 Å². The Morgan fingerprint density at radius 2 is 1.53 bits per heavy atom. The predicted molar refractivity (Wildman–Crippen MR) is 131 cm³/mol. The van der Waals surface area contributed by atoms with Crippen molar-refractivity contribution in [2.75, 3.05) is 13.2 Å². The summed E-state index contributed by atoms with van der Waals surface area (Å²) in [5, 5.41) is 11.8. The lowest BCUT2D eigenvalue weighted by molar-refractivity contribution is -0.140. The average Bonchev–Trinajstić information content (AvgIpc) is 3.10. The molecular formula is C27H34N2O5. The molecule has 0 heterocycles. The van der Waals surface area contributed by atoms with Crippen LogP contribution in [0.15, 0.2) is 48.5 Å². The first-order chi connectivity index (χ1) is 16.2. The van der Waals surface area contributed by atoms with Gasteiger partial charge in [-0.15, -0.1) is 0 Å². The molecule has 7 heteroatoms. The van der Waals surface area contributed by atoms with Gasteiger partial charge in [0, 0.05) is 18.5 Å². The number of carboxylic acid groups (broad SMARTS) is 1. The maximum Gasteiger partial charge on any atom is 0.407 e. The Balaban J connectivity index is 1.69. The number of carboxylic acids is 1. The van der Waals surface area contributed by atoms with Gasteiger partial charge in [0.15, 0.2) is 0 Å². The summed E-state index contributed by atoms with van der Waals surface area (Å²) in [4.78, 5) is 38.5. The number of carbonyl (C=O) groups is 3. The fraction of sp³-hybridized carbons (Fsp3) is 0.444. The summed E-state index contributed by atoms with van der Waals surface area (Å²) in [6.45, 7) is 7.86. The van der Waals surface area contributed by atoms with Crippen LogP contribution >= 0.6 is 0 Å². The molecule has 0 fully saturated rings. The number of benzene rings is 2. The molecule has 2 amide bonds. The molecule has 34 heavy (non-hydrogen) atoms. The van der Waals surface area contributed by atoms with Gasteiger partial charge in [0.05, 0.1) is 6.42 Å². The monoisotopic (exact) mass is 466 g/mol. The summed E-state index contributed by atoms with van der Waals surface area (Å²) >= 11 is 0. The molecule has 7 nitrogen and oxygen atoms in total. The zero-order chi connectivity index (χ0) is 24.8. The Kier molecular flexibility index (Phi) is 8.31. The number of nitrogens with zero attached hydrogens (tertiary/aromatic N) is 1. The molecule has 2 aromatic rings. The van der Waals surface area contributed by atoms with Crippen LogP contribution in [0.1, 0.15) is 57.6 Å². The summed E-state index contributed by atoms with van der Waals surface area (Å²) in [5.74, 6) is -1.18. The quantitative estimate of drug-likeness (QED) is 0.531. The highest BCUT2D eigenvalue weighted by molar-refractivity contribution is 5.86. The number of carbonyl (C=O) groups excluding carboxylic acids is 2. The number of hydrogen-bond donors (Lipinski definition) is 2. The van der Waals surface area contributed by atoms with Gasteiger partial charge >= 0.3 is 12.1 Å². The van der Waals surface area contributed by atoms with E-state index in [9.17, 15) is 14.4 Å². The average molecular weight is 467 g/mol. The van der Waals surface area contributed by atoms with E-state index in [1.807, 2.05) is 52.0 Å². The minimum Gasteiger partial charge on any atom is -0.481 e. The highest BCUT2D eigenvalue weighted by atomic mass is 16.5. The van der Waals surface area contributed by atoms with Crippen LogP contribution < -0.4 is 5.32 Å². The van der Waals surface area contributed by atoms with Crippen LogP contribution in [-0.4, -0.2) is 53.2 Å². The summed E-state index contributed by atoms with van der Waals surface area (Å²) in [6, 6.07) is 15.2. The van der Waals surface area contributed by atoms with Crippen LogP contribution in [0.3, 0.4) is 0 Å². The summed E-state index contributed by atoms with van der Waals surface area (Å²) < 4.78 is 5.63. The van der Waals surface area contributed by atoms with Crippen molar-refractivity contribution in [3.05, 3.63) is 59.7 Å². The largest absolute Gasteiger partial charge is 0.481 e. The zero-order valence-corrected chi connectivity index (χ0v) is 20.3. The van der Waals surface area contributed by atoms with Crippen LogP contribution in [0.5, 0.6) is 0 Å². The van der Waals surface area contributed by atoms with E-state index >= 15 is 0 Å². The lowest BCUT2D eigenvalue weighted by Gasteiger charge is -2.31. The molecule has 0 aliphatic heterocycles. The number of hydrogen-bond acceptors (Lipinski definition) is 4. The van der Waals surface area contributed by atoms with E-state index in [0.717, 1.165) is 22.3 Å². The van der Waals surface area contributed by atoms with E-state index in [1.165, 1.54) is 4.90 Å². The highest BCUT2D eigenvalue weighted by Crippen LogP contribution is 2.44. The van der Waals surface area contributed by atoms with E-state index in [2.05, 4.69) is 29.6 Å². The second kappa shape index (κ2) is 11.2. The Morgan fingerprint density at radius 1 is 0.971 bits per heavy atom. The minimum atomic E-state index is -0.969. The molecule has 3 rings (SSSR count). The van der Waals surface area contributed by atoms with Crippen molar-refractivity contribution in [3.8, 4) is 11.1 Å². The van der Waals surface area contributed by atoms with Crippen molar-refractivity contribution in [1.82, 2.24) is 10.2 Å². The lowest BCUT2D eigenvalue weighted by Crippen LogP contribution is -2.51. The Morgan fingerprint density at radius 3 is 2.03 bits per heavy atom. The number of nitrogens with one attached hydrogen (secondary N) is 1. The summed E-state index contributed by atoms with van der Waals surface area (Å²) in [5.41, 5.74) is 4.52. The molecule has 1 aliphatic carbocycles. The van der Waals surface area contributed by atoms with Crippen LogP contribution in [-0.2, 0) is 14.3 Å². The third-order valence-electron chi connectivity index (χ3n) is 6.11. The first kappa shape index (κ1) is 25.3. The van der Waals surface area contributed by atoms with Gasteiger partial charge in [0.2, 0.25) is 5.91 Å². The Hall–Kier alpha value is -3.35. The van der Waals surface area contributed by atoms with Gasteiger partial charge < -0.3 is 20.1 Å². The van der Waals surface area contributed by atoms with Gasteiger partial charge in [0.25, 0.3) is 0 Å². The number of fused-ring (bicyclic) bond motifs is 3. The second-order valence-corrected chi connectivity index (χ2v) is 9.42. The van der Waals surface area contributed by atoms with Crippen molar-refractivity contribution in [2.24, 2.45) is 5.92 Å². The van der Waals surface area contributed by atoms with Crippen molar-refractivity contribution >= 4 is 18.0 Å². The van der Waals surface area contributed by atoms with E-state index < -0.39 is 18.1 Å². The second-order valence-electron chi connectivity index (χ2n) is 9.42. The maximum absolute atomic E-state index is 13.2. The molecule has 0 unspecified atom stereocenters. The Bertz CT molecular complexity index is 988. The molecule has 0 bridgehead atoms. The molecular weight excluding hydrogens is 432 g/mol. The number of alkyl carbamates (subject to hydrolysis) is 1. The molecule has 0 aromatic heterocycles. The fourth-order valence-electron chi connectivity index (χ4n) is 4.51. The topological polar surface area (TPSA) is 95.9 Å². The normalized spacial score (nSPS) is 13.4. The molecule has 0 radical (unpaired) electrons. The molecule has 0 saturated heterocycles. The van der Waals surface area contributed by atoms with Crippen molar-refractivity contribution in [1.29, 1.82) is 0 Å². The SMILES string of the molecule is CC(C)C[C@@H](NC(=O)OCC1c2ccccc2-c2ccccc21)C(=O)N(CCC(=O)O)C(C)C. The van der Waals surface area contributed by atoms with Crippen LogP contribution in [0, 0.1) is 5.92 Å². The zero-order valence-electron chi connectivity index (χ0n) is 20.3. The number of amides is 2. The molecule has 0 saturated carbocycles. The van der Waals surface area contributed by atoms with Gasteiger partial charge in [-0.2, -0.15) is 0 Å². The maximum atomic E-state index is 13.2. The van der Waals surface area contributed by atoms with Crippen molar-refractivity contribution < 1.29 is 24.2 Å². The standard InChI is InChI=1S/C27H34N2O5/c1-17(2)15-24(26(32)29(18(3)4)14-13-25(30)31)28-27(33)34-16-23-21-11-7-5-9-19(21)20-10-6-8-12-22(20)23/h5-12,17-18,23-24H,13-16H2,1-4H3,(H,28,33)(H,30,31)/t24-/m1/s1. The summed E-state index contributed by atoms with van der Waals surface area (Å²) in [7, 11) is 0. The van der Waals surface area contributed by atoms with Crippen LogP contribution in [0.2, 0.25) is 0 Å². The highest BCUT2D eigenvalue weighted by Gasteiger charge is 2.31. The minimum absolute atomic E-state index is 0.0693. The lowest BCUT2D eigenvalue weighted by atomic mass is 9.98. The number of aliphatic carboxylic acids is 1.